The first kappa shape index (κ1) is 16.0. The lowest BCUT2D eigenvalue weighted by Crippen LogP contribution is -2.41. The predicted molar refractivity (Wildman–Crippen MR) is 75.7 cm³/mol. The standard InChI is InChI=1S/C13H16N2O4S/c1-8(12(18)15-13(19)14-2)20-10-5-3-9(4-6-10)7-11(16)17/h3-6,8H,7H2,1-2H3,(H,16,17)(H2,14,15,18,19). The Morgan fingerprint density at radius 2 is 1.85 bits per heavy atom. The number of benzene rings is 1. The number of carboxylic acids is 1. The SMILES string of the molecule is CNC(=O)NC(=O)C(C)Sc1ccc(CC(=O)O)cc1. The molecule has 3 amide bonds. The number of carboxylic acid groups (broad SMARTS) is 1. The number of rotatable bonds is 5. The van der Waals surface area contributed by atoms with E-state index in [4.69, 9.17) is 5.11 Å². The van der Waals surface area contributed by atoms with Gasteiger partial charge >= 0.3 is 12.0 Å². The zero-order valence-corrected chi connectivity index (χ0v) is 12.0. The minimum Gasteiger partial charge on any atom is -0.481 e. The van der Waals surface area contributed by atoms with E-state index in [1.807, 2.05) is 0 Å². The summed E-state index contributed by atoms with van der Waals surface area (Å²) in [5.74, 6) is -1.27. The van der Waals surface area contributed by atoms with E-state index in [1.165, 1.54) is 18.8 Å². The number of nitrogens with one attached hydrogen (secondary N) is 2. The molecule has 1 aromatic carbocycles. The molecule has 1 unspecified atom stereocenters. The van der Waals surface area contributed by atoms with Crippen molar-refractivity contribution in [1.82, 2.24) is 10.6 Å². The minimum atomic E-state index is -0.885. The number of thioether (sulfide) groups is 1. The third kappa shape index (κ3) is 5.31. The summed E-state index contributed by atoms with van der Waals surface area (Å²) in [6.45, 7) is 1.69. The van der Waals surface area contributed by atoms with Gasteiger partial charge in [0.1, 0.15) is 0 Å². The van der Waals surface area contributed by atoms with Crippen molar-refractivity contribution >= 4 is 29.7 Å². The lowest BCUT2D eigenvalue weighted by atomic mass is 10.2. The summed E-state index contributed by atoms with van der Waals surface area (Å²) in [5, 5.41) is 12.7. The van der Waals surface area contributed by atoms with Gasteiger partial charge in [0, 0.05) is 11.9 Å². The molecule has 0 saturated heterocycles. The highest BCUT2D eigenvalue weighted by Gasteiger charge is 2.16. The van der Waals surface area contributed by atoms with Gasteiger partial charge in [-0.1, -0.05) is 12.1 Å². The molecule has 0 spiro atoms. The van der Waals surface area contributed by atoms with Gasteiger partial charge in [0.25, 0.3) is 0 Å². The largest absolute Gasteiger partial charge is 0.481 e. The van der Waals surface area contributed by atoms with Crippen LogP contribution in [0.3, 0.4) is 0 Å². The van der Waals surface area contributed by atoms with E-state index in [0.717, 1.165) is 4.90 Å². The fraction of sp³-hybridized carbons (Fsp3) is 0.308. The second-order valence-electron chi connectivity index (χ2n) is 4.04. The smallest absolute Gasteiger partial charge is 0.321 e. The van der Waals surface area contributed by atoms with E-state index >= 15 is 0 Å². The molecule has 0 radical (unpaired) electrons. The molecule has 7 heteroatoms. The van der Waals surface area contributed by atoms with Crippen molar-refractivity contribution in [2.45, 2.75) is 23.5 Å². The van der Waals surface area contributed by atoms with Crippen molar-refractivity contribution in [3.05, 3.63) is 29.8 Å². The van der Waals surface area contributed by atoms with E-state index < -0.39 is 17.3 Å². The zero-order chi connectivity index (χ0) is 15.1. The van der Waals surface area contributed by atoms with Crippen LogP contribution in [0.2, 0.25) is 0 Å². The van der Waals surface area contributed by atoms with Gasteiger partial charge in [-0.25, -0.2) is 4.79 Å². The average Bonchev–Trinajstić information content (AvgIpc) is 2.40. The highest BCUT2D eigenvalue weighted by Crippen LogP contribution is 2.23. The number of hydrogen-bond acceptors (Lipinski definition) is 4. The number of aliphatic carboxylic acids is 1. The van der Waals surface area contributed by atoms with Crippen molar-refractivity contribution in [3.63, 3.8) is 0 Å². The molecule has 0 bridgehead atoms. The molecule has 1 rings (SSSR count). The summed E-state index contributed by atoms with van der Waals surface area (Å²) >= 11 is 1.29. The average molecular weight is 296 g/mol. The van der Waals surface area contributed by atoms with Gasteiger partial charge in [0.05, 0.1) is 11.7 Å². The molecule has 0 heterocycles. The number of imide groups is 1. The van der Waals surface area contributed by atoms with Crippen LogP contribution in [0, 0.1) is 0 Å². The van der Waals surface area contributed by atoms with Crippen molar-refractivity contribution in [2.24, 2.45) is 0 Å². The highest BCUT2D eigenvalue weighted by atomic mass is 32.2. The summed E-state index contributed by atoms with van der Waals surface area (Å²) in [4.78, 5) is 34.1. The monoisotopic (exact) mass is 296 g/mol. The summed E-state index contributed by atoms with van der Waals surface area (Å²) in [6.07, 6.45) is -0.0301. The molecular weight excluding hydrogens is 280 g/mol. The van der Waals surface area contributed by atoms with Crippen molar-refractivity contribution < 1.29 is 19.5 Å². The zero-order valence-electron chi connectivity index (χ0n) is 11.2. The Labute approximate surface area is 120 Å². The molecule has 0 saturated carbocycles. The van der Waals surface area contributed by atoms with E-state index in [2.05, 4.69) is 10.6 Å². The Balaban J connectivity index is 2.57. The first-order valence-corrected chi connectivity index (χ1v) is 6.80. The lowest BCUT2D eigenvalue weighted by molar-refractivity contribution is -0.136. The maximum atomic E-state index is 11.7. The number of amides is 3. The summed E-state index contributed by atoms with van der Waals surface area (Å²) < 4.78 is 0. The Morgan fingerprint density at radius 1 is 1.25 bits per heavy atom. The molecule has 20 heavy (non-hydrogen) atoms. The van der Waals surface area contributed by atoms with Crippen LogP contribution < -0.4 is 10.6 Å². The highest BCUT2D eigenvalue weighted by molar-refractivity contribution is 8.00. The first-order valence-electron chi connectivity index (χ1n) is 5.92. The van der Waals surface area contributed by atoms with Gasteiger partial charge in [-0.05, 0) is 24.6 Å². The quantitative estimate of drug-likeness (QED) is 0.711. The summed E-state index contributed by atoms with van der Waals surface area (Å²) in [7, 11) is 1.43. The molecule has 0 aromatic heterocycles. The normalized spacial score (nSPS) is 11.5. The second kappa shape index (κ2) is 7.54. The predicted octanol–water partition coefficient (Wildman–Crippen LogP) is 1.25. The van der Waals surface area contributed by atoms with Crippen LogP contribution in [0.4, 0.5) is 4.79 Å². The minimum absolute atomic E-state index is 0.0301. The van der Waals surface area contributed by atoms with Crippen LogP contribution in [0.25, 0.3) is 0 Å². The van der Waals surface area contributed by atoms with Gasteiger partial charge in [-0.3, -0.25) is 14.9 Å². The summed E-state index contributed by atoms with van der Waals surface area (Å²) in [6, 6.07) is 6.39. The summed E-state index contributed by atoms with van der Waals surface area (Å²) in [5.41, 5.74) is 0.698. The molecule has 1 atom stereocenters. The number of carbonyl (C=O) groups excluding carboxylic acids is 2. The number of hydrogen-bond donors (Lipinski definition) is 3. The topological polar surface area (TPSA) is 95.5 Å². The van der Waals surface area contributed by atoms with Gasteiger partial charge in [-0.2, -0.15) is 0 Å². The molecule has 6 nitrogen and oxygen atoms in total. The van der Waals surface area contributed by atoms with Crippen LogP contribution in [0.1, 0.15) is 12.5 Å². The fourth-order valence-corrected chi connectivity index (χ4v) is 2.26. The first-order chi connectivity index (χ1) is 9.42. The van der Waals surface area contributed by atoms with Gasteiger partial charge in [0.2, 0.25) is 5.91 Å². The van der Waals surface area contributed by atoms with Crippen LogP contribution in [0.5, 0.6) is 0 Å². The van der Waals surface area contributed by atoms with Crippen molar-refractivity contribution in [2.75, 3.05) is 7.05 Å². The lowest BCUT2D eigenvalue weighted by Gasteiger charge is -2.11. The molecule has 108 valence electrons. The molecule has 0 aliphatic heterocycles. The van der Waals surface area contributed by atoms with Crippen LogP contribution >= 0.6 is 11.8 Å². The van der Waals surface area contributed by atoms with Gasteiger partial charge in [0.15, 0.2) is 0 Å². The Bertz CT molecular complexity index is 502. The Hall–Kier alpha value is -2.02. The van der Waals surface area contributed by atoms with Gasteiger partial charge in [-0.15, -0.1) is 11.8 Å². The van der Waals surface area contributed by atoms with Crippen molar-refractivity contribution in [3.8, 4) is 0 Å². The third-order valence-electron chi connectivity index (χ3n) is 2.42. The van der Waals surface area contributed by atoms with Crippen LogP contribution in [-0.4, -0.2) is 35.3 Å². The third-order valence-corrected chi connectivity index (χ3v) is 3.54. The number of urea groups is 1. The second-order valence-corrected chi connectivity index (χ2v) is 5.46. The van der Waals surface area contributed by atoms with E-state index in [-0.39, 0.29) is 12.3 Å². The molecule has 3 N–H and O–H groups in total. The molecule has 0 fully saturated rings. The fourth-order valence-electron chi connectivity index (χ4n) is 1.39. The molecule has 0 aliphatic rings. The van der Waals surface area contributed by atoms with Crippen LogP contribution in [-0.2, 0) is 16.0 Å². The Kier molecular flexibility index (Phi) is 6.05. The maximum absolute atomic E-state index is 11.7. The Morgan fingerprint density at radius 3 is 2.35 bits per heavy atom. The number of carbonyl (C=O) groups is 3. The molecule has 1 aromatic rings. The van der Waals surface area contributed by atoms with Crippen molar-refractivity contribution in [1.29, 1.82) is 0 Å². The molecular formula is C13H16N2O4S. The van der Waals surface area contributed by atoms with E-state index in [9.17, 15) is 14.4 Å². The molecule has 0 aliphatic carbocycles. The van der Waals surface area contributed by atoms with E-state index in [1.54, 1.807) is 31.2 Å². The van der Waals surface area contributed by atoms with Gasteiger partial charge < -0.3 is 10.4 Å². The van der Waals surface area contributed by atoms with Crippen LogP contribution in [0.15, 0.2) is 29.2 Å². The maximum Gasteiger partial charge on any atom is 0.321 e. The van der Waals surface area contributed by atoms with E-state index in [0.29, 0.717) is 5.56 Å².